The molecule has 226 valence electrons. The highest BCUT2D eigenvalue weighted by atomic mass is 16.5. The van der Waals surface area contributed by atoms with Crippen molar-refractivity contribution in [1.29, 1.82) is 0 Å². The highest BCUT2D eigenvalue weighted by Crippen LogP contribution is 2.46. The zero-order valence-corrected chi connectivity index (χ0v) is 26.8. The van der Waals surface area contributed by atoms with Gasteiger partial charge in [0.15, 0.2) is 0 Å². The second kappa shape index (κ2) is 15.3. The smallest absolute Gasteiger partial charge is 0.119 e. The Morgan fingerprint density at radius 2 is 1.09 bits per heavy atom. The van der Waals surface area contributed by atoms with E-state index in [-0.39, 0.29) is 0 Å². The van der Waals surface area contributed by atoms with Crippen LogP contribution >= 0.6 is 0 Å². The largest absolute Gasteiger partial charge is 0.493 e. The molecule has 0 saturated heterocycles. The zero-order valence-electron chi connectivity index (χ0n) is 26.8. The van der Waals surface area contributed by atoms with Gasteiger partial charge in [-0.15, -0.1) is 0 Å². The van der Waals surface area contributed by atoms with Gasteiger partial charge in [-0.05, 0) is 99.9 Å². The van der Waals surface area contributed by atoms with Crippen LogP contribution in [0.2, 0.25) is 0 Å². The molecule has 2 atom stereocenters. The van der Waals surface area contributed by atoms with E-state index in [0.29, 0.717) is 11.8 Å². The van der Waals surface area contributed by atoms with E-state index in [2.05, 4.69) is 113 Å². The molecular weight excluding hydrogens is 524 g/mol. The van der Waals surface area contributed by atoms with E-state index in [1.54, 1.807) is 0 Å². The zero-order chi connectivity index (χ0) is 30.0. The fraction of sp³-hybridized carbons (Fsp3) is 0.415. The lowest BCUT2D eigenvalue weighted by molar-refractivity contribution is 0.233. The molecular formula is C41H50O2. The van der Waals surface area contributed by atoms with Crippen LogP contribution in [0.15, 0.2) is 84.9 Å². The maximum absolute atomic E-state index is 6.27. The van der Waals surface area contributed by atoms with Gasteiger partial charge in [-0.1, -0.05) is 127 Å². The Morgan fingerprint density at radius 1 is 0.558 bits per heavy atom. The molecule has 43 heavy (non-hydrogen) atoms. The molecule has 0 saturated carbocycles. The highest BCUT2D eigenvalue weighted by molar-refractivity contribution is 5.93. The van der Waals surface area contributed by atoms with Gasteiger partial charge >= 0.3 is 0 Å². The third kappa shape index (κ3) is 7.53. The summed E-state index contributed by atoms with van der Waals surface area (Å²) in [6, 6.07) is 31.1. The van der Waals surface area contributed by atoms with Gasteiger partial charge in [-0.3, -0.25) is 0 Å². The van der Waals surface area contributed by atoms with Crippen molar-refractivity contribution in [3.8, 4) is 44.9 Å². The first-order valence-corrected chi connectivity index (χ1v) is 16.9. The number of hydrogen-bond acceptors (Lipinski definition) is 2. The number of hydrogen-bond donors (Lipinski definition) is 0. The van der Waals surface area contributed by atoms with Crippen LogP contribution in [0.25, 0.3) is 33.4 Å². The van der Waals surface area contributed by atoms with E-state index >= 15 is 0 Å². The highest BCUT2D eigenvalue weighted by Gasteiger charge is 2.24. The summed E-state index contributed by atoms with van der Waals surface area (Å²) in [5, 5.41) is 0. The minimum atomic E-state index is 0.623. The second-order valence-corrected chi connectivity index (χ2v) is 12.4. The van der Waals surface area contributed by atoms with Gasteiger partial charge in [-0.2, -0.15) is 0 Å². The van der Waals surface area contributed by atoms with E-state index in [9.17, 15) is 0 Å². The Morgan fingerprint density at radius 3 is 1.65 bits per heavy atom. The average Bonchev–Trinajstić information content (AvgIpc) is 3.44. The molecule has 0 radical (unpaired) electrons. The SMILES string of the molecule is CCCCC(CC)COc1ccc(-c2ccc3c(c2-c2ccc(OCC(CC)CCCC)cc2)Cc2ccccc2-3)cc1. The maximum atomic E-state index is 6.27. The molecule has 0 aliphatic heterocycles. The molecule has 4 aromatic rings. The van der Waals surface area contributed by atoms with Gasteiger partial charge in [0.1, 0.15) is 11.5 Å². The summed E-state index contributed by atoms with van der Waals surface area (Å²) >= 11 is 0. The van der Waals surface area contributed by atoms with Crippen LogP contribution in [0.4, 0.5) is 0 Å². The summed E-state index contributed by atoms with van der Waals surface area (Å²) < 4.78 is 12.5. The lowest BCUT2D eigenvalue weighted by Gasteiger charge is -2.18. The minimum Gasteiger partial charge on any atom is -0.493 e. The van der Waals surface area contributed by atoms with Crippen LogP contribution in [0, 0.1) is 11.8 Å². The van der Waals surface area contributed by atoms with Gasteiger partial charge in [0.2, 0.25) is 0 Å². The van der Waals surface area contributed by atoms with Crippen LogP contribution in [0.3, 0.4) is 0 Å². The molecule has 2 unspecified atom stereocenters. The molecule has 0 bridgehead atoms. The molecule has 1 aliphatic rings. The number of rotatable bonds is 16. The molecule has 5 rings (SSSR count). The molecule has 0 spiro atoms. The quantitative estimate of drug-likeness (QED) is 0.117. The molecule has 0 N–H and O–H groups in total. The topological polar surface area (TPSA) is 18.5 Å². The van der Waals surface area contributed by atoms with Crippen LogP contribution in [0.1, 0.15) is 90.2 Å². The van der Waals surface area contributed by atoms with Gasteiger partial charge in [-0.25, -0.2) is 0 Å². The van der Waals surface area contributed by atoms with Crippen molar-refractivity contribution < 1.29 is 9.47 Å². The van der Waals surface area contributed by atoms with Crippen molar-refractivity contribution in [2.24, 2.45) is 11.8 Å². The van der Waals surface area contributed by atoms with E-state index in [1.165, 1.54) is 95.9 Å². The van der Waals surface area contributed by atoms with E-state index in [1.807, 2.05) is 0 Å². The molecule has 0 aromatic heterocycles. The first-order chi connectivity index (χ1) is 21.1. The Kier molecular flexibility index (Phi) is 11.0. The molecule has 2 nitrogen and oxygen atoms in total. The van der Waals surface area contributed by atoms with Crippen LogP contribution in [-0.2, 0) is 6.42 Å². The Labute approximate surface area is 260 Å². The Hall–Kier alpha value is -3.52. The van der Waals surface area contributed by atoms with Gasteiger partial charge in [0, 0.05) is 0 Å². The summed E-state index contributed by atoms with van der Waals surface area (Å²) in [7, 11) is 0. The summed E-state index contributed by atoms with van der Waals surface area (Å²) in [6.45, 7) is 10.7. The van der Waals surface area contributed by atoms with Gasteiger partial charge in [0.05, 0.1) is 13.2 Å². The minimum absolute atomic E-state index is 0.623. The summed E-state index contributed by atoms with van der Waals surface area (Å²) in [5.41, 5.74) is 10.6. The number of fused-ring (bicyclic) bond motifs is 3. The van der Waals surface area contributed by atoms with Crippen molar-refractivity contribution in [3.63, 3.8) is 0 Å². The number of unbranched alkanes of at least 4 members (excludes halogenated alkanes) is 2. The van der Waals surface area contributed by atoms with Gasteiger partial charge < -0.3 is 9.47 Å². The van der Waals surface area contributed by atoms with E-state index < -0.39 is 0 Å². The van der Waals surface area contributed by atoms with E-state index in [0.717, 1.165) is 31.1 Å². The van der Waals surface area contributed by atoms with Crippen molar-refractivity contribution in [3.05, 3.63) is 96.1 Å². The normalized spacial score (nSPS) is 13.3. The molecule has 2 heteroatoms. The first-order valence-electron chi connectivity index (χ1n) is 16.9. The fourth-order valence-corrected chi connectivity index (χ4v) is 6.45. The predicted octanol–water partition coefficient (Wildman–Crippen LogP) is 11.8. The standard InChI is InChI=1S/C41H50O2/c1-5-9-13-30(7-3)28-42-35-21-17-32(18-22-35)38-25-26-39-37-16-12-11-15-34(37)27-40(39)41(38)33-19-23-36(24-20-33)43-29-31(8-4)14-10-6-2/h11-12,15-26,30-31H,5-10,13-14,27-29H2,1-4H3. The maximum Gasteiger partial charge on any atom is 0.119 e. The fourth-order valence-electron chi connectivity index (χ4n) is 6.45. The second-order valence-electron chi connectivity index (χ2n) is 12.4. The monoisotopic (exact) mass is 574 g/mol. The van der Waals surface area contributed by atoms with Crippen LogP contribution in [0.5, 0.6) is 11.5 Å². The van der Waals surface area contributed by atoms with Crippen LogP contribution in [-0.4, -0.2) is 13.2 Å². The summed E-state index contributed by atoms with van der Waals surface area (Å²) in [6.07, 6.45) is 10.8. The first kappa shape index (κ1) is 30.9. The molecule has 4 aromatic carbocycles. The lowest BCUT2D eigenvalue weighted by Crippen LogP contribution is -2.11. The third-order valence-electron chi connectivity index (χ3n) is 9.35. The average molecular weight is 575 g/mol. The molecule has 0 amide bonds. The Bertz CT molecular complexity index is 1430. The predicted molar refractivity (Wildman–Crippen MR) is 183 cm³/mol. The van der Waals surface area contributed by atoms with Crippen molar-refractivity contribution in [2.45, 2.75) is 85.5 Å². The molecule has 0 heterocycles. The van der Waals surface area contributed by atoms with Crippen molar-refractivity contribution in [1.82, 2.24) is 0 Å². The van der Waals surface area contributed by atoms with Crippen molar-refractivity contribution in [2.75, 3.05) is 13.2 Å². The van der Waals surface area contributed by atoms with Crippen LogP contribution < -0.4 is 9.47 Å². The molecule has 0 fully saturated rings. The summed E-state index contributed by atoms with van der Waals surface area (Å²) in [4.78, 5) is 0. The third-order valence-corrected chi connectivity index (χ3v) is 9.35. The number of benzene rings is 4. The lowest BCUT2D eigenvalue weighted by atomic mass is 9.88. The van der Waals surface area contributed by atoms with Crippen molar-refractivity contribution >= 4 is 0 Å². The number of ether oxygens (including phenoxy) is 2. The molecule has 1 aliphatic carbocycles. The van der Waals surface area contributed by atoms with E-state index in [4.69, 9.17) is 9.47 Å². The Balaban J connectivity index is 1.41. The summed E-state index contributed by atoms with van der Waals surface area (Å²) in [5.74, 6) is 3.17. The van der Waals surface area contributed by atoms with Gasteiger partial charge in [0.25, 0.3) is 0 Å².